The first-order valence-electron chi connectivity index (χ1n) is 10.2. The summed E-state index contributed by atoms with van der Waals surface area (Å²) < 4.78 is 10.8. The summed E-state index contributed by atoms with van der Waals surface area (Å²) in [5.74, 6) is 0.745. The smallest absolute Gasteiger partial charge is 0.238 e. The van der Waals surface area contributed by atoms with Gasteiger partial charge in [0.15, 0.2) is 17.3 Å². The second kappa shape index (κ2) is 8.17. The topological polar surface area (TPSA) is 67.9 Å². The first-order valence-corrected chi connectivity index (χ1v) is 11.1. The molecule has 5 rings (SSSR count). The highest BCUT2D eigenvalue weighted by atomic mass is 32.1. The molecule has 0 fully saturated rings. The van der Waals surface area contributed by atoms with Gasteiger partial charge in [-0.3, -0.25) is 14.5 Å². The first kappa shape index (κ1) is 19.8. The molecular weight excluding hydrogens is 412 g/mol. The number of benzene rings is 2. The first-order chi connectivity index (χ1) is 15.1. The Balaban J connectivity index is 1.40. The number of fused-ring (bicyclic) bond motifs is 2. The molecule has 0 saturated heterocycles. The average molecular weight is 435 g/mol. The Morgan fingerprint density at radius 2 is 1.90 bits per heavy atom. The van der Waals surface area contributed by atoms with Crippen molar-refractivity contribution < 1.29 is 19.1 Å². The van der Waals surface area contributed by atoms with Crippen molar-refractivity contribution >= 4 is 28.7 Å². The van der Waals surface area contributed by atoms with Gasteiger partial charge in [0, 0.05) is 23.1 Å². The van der Waals surface area contributed by atoms with Gasteiger partial charge in [0.25, 0.3) is 0 Å². The van der Waals surface area contributed by atoms with Crippen molar-refractivity contribution in [2.24, 2.45) is 0 Å². The van der Waals surface area contributed by atoms with Crippen LogP contribution in [0.1, 0.15) is 39.3 Å². The van der Waals surface area contributed by atoms with Crippen LogP contribution in [-0.4, -0.2) is 36.5 Å². The number of thiophene rings is 1. The van der Waals surface area contributed by atoms with E-state index >= 15 is 0 Å². The van der Waals surface area contributed by atoms with Gasteiger partial charge in [-0.05, 0) is 42.0 Å². The summed E-state index contributed by atoms with van der Waals surface area (Å²) in [7, 11) is 0. The molecule has 0 radical (unpaired) electrons. The maximum absolute atomic E-state index is 13.0. The molecule has 2 aromatic carbocycles. The molecule has 0 spiro atoms. The number of hydrogen-bond donors (Lipinski definition) is 1. The van der Waals surface area contributed by atoms with E-state index in [0.29, 0.717) is 22.7 Å². The number of nitrogens with zero attached hydrogens (tertiary/aromatic N) is 1. The van der Waals surface area contributed by atoms with Gasteiger partial charge in [-0.1, -0.05) is 30.3 Å². The number of nitrogens with one attached hydrogen (secondary N) is 1. The van der Waals surface area contributed by atoms with Gasteiger partial charge in [-0.2, -0.15) is 0 Å². The third-order valence-corrected chi connectivity index (χ3v) is 6.69. The largest absolute Gasteiger partial charge is 0.454 e. The van der Waals surface area contributed by atoms with Crippen molar-refractivity contribution in [3.8, 4) is 11.5 Å². The highest BCUT2D eigenvalue weighted by Crippen LogP contribution is 2.39. The number of ketones is 1. The van der Waals surface area contributed by atoms with Gasteiger partial charge in [0.05, 0.1) is 18.3 Å². The normalized spacial score (nSPS) is 17.3. The van der Waals surface area contributed by atoms with Crippen LogP contribution in [0.25, 0.3) is 0 Å². The SMILES string of the molecule is CC(=O)c1cc2c(cc1NC(=O)CN1CCc3sccc3C1c1ccccc1)OCO2. The van der Waals surface area contributed by atoms with E-state index in [0.717, 1.165) is 13.0 Å². The summed E-state index contributed by atoms with van der Waals surface area (Å²) in [6.45, 7) is 2.60. The number of anilines is 1. The van der Waals surface area contributed by atoms with Gasteiger partial charge in [0.2, 0.25) is 12.7 Å². The third kappa shape index (κ3) is 3.82. The van der Waals surface area contributed by atoms with Gasteiger partial charge in [0.1, 0.15) is 0 Å². The third-order valence-electron chi connectivity index (χ3n) is 5.69. The molecule has 31 heavy (non-hydrogen) atoms. The lowest BCUT2D eigenvalue weighted by Crippen LogP contribution is -2.40. The van der Waals surface area contributed by atoms with E-state index in [1.54, 1.807) is 23.5 Å². The number of amides is 1. The number of hydrogen-bond acceptors (Lipinski definition) is 6. The molecule has 1 unspecified atom stereocenters. The van der Waals surface area contributed by atoms with E-state index in [-0.39, 0.29) is 31.1 Å². The molecule has 0 saturated carbocycles. The maximum atomic E-state index is 13.0. The van der Waals surface area contributed by atoms with Crippen LogP contribution in [0.3, 0.4) is 0 Å². The monoisotopic (exact) mass is 434 g/mol. The van der Waals surface area contributed by atoms with Crippen LogP contribution in [0.15, 0.2) is 53.9 Å². The van der Waals surface area contributed by atoms with Crippen molar-refractivity contribution in [3.05, 3.63) is 75.5 Å². The van der Waals surface area contributed by atoms with E-state index in [4.69, 9.17) is 9.47 Å². The summed E-state index contributed by atoms with van der Waals surface area (Å²) in [4.78, 5) is 28.7. The van der Waals surface area contributed by atoms with Crippen LogP contribution in [0, 0.1) is 0 Å². The molecule has 158 valence electrons. The van der Waals surface area contributed by atoms with Crippen LogP contribution < -0.4 is 14.8 Å². The highest BCUT2D eigenvalue weighted by molar-refractivity contribution is 7.10. The second-order valence-electron chi connectivity index (χ2n) is 7.69. The lowest BCUT2D eigenvalue weighted by Gasteiger charge is -2.35. The molecule has 1 aromatic heterocycles. The zero-order valence-electron chi connectivity index (χ0n) is 17.1. The van der Waals surface area contributed by atoms with Gasteiger partial charge in [-0.15, -0.1) is 11.3 Å². The van der Waals surface area contributed by atoms with Crippen LogP contribution in [-0.2, 0) is 11.2 Å². The number of carbonyl (C=O) groups excluding carboxylic acids is 2. The van der Waals surface area contributed by atoms with Crippen molar-refractivity contribution in [2.45, 2.75) is 19.4 Å². The summed E-state index contributed by atoms with van der Waals surface area (Å²) in [6, 6.07) is 15.8. The molecule has 1 amide bonds. The second-order valence-corrected chi connectivity index (χ2v) is 8.69. The molecule has 3 heterocycles. The minimum atomic E-state index is -0.166. The number of Topliss-reactive ketones (excluding diaryl/α,β-unsaturated/α-hetero) is 1. The fourth-order valence-corrected chi connectivity index (χ4v) is 5.18. The van der Waals surface area contributed by atoms with E-state index in [1.807, 2.05) is 18.2 Å². The zero-order chi connectivity index (χ0) is 21.4. The van der Waals surface area contributed by atoms with Crippen molar-refractivity contribution in [3.63, 3.8) is 0 Å². The molecule has 1 atom stereocenters. The minimum absolute atomic E-state index is 0.0333. The molecule has 0 bridgehead atoms. The number of rotatable bonds is 5. The fraction of sp³-hybridized carbons (Fsp3) is 0.250. The molecule has 7 heteroatoms. The van der Waals surface area contributed by atoms with Crippen LogP contribution in [0.2, 0.25) is 0 Å². The Kier molecular flexibility index (Phi) is 5.21. The Hall–Kier alpha value is -3.16. The standard InChI is InChI=1S/C24H22N2O4S/c1-15(27)18-11-20-21(30-14-29-20)12-19(18)25-23(28)13-26-9-7-22-17(8-10-31-22)24(26)16-5-3-2-4-6-16/h2-6,8,10-12,24H,7,9,13-14H2,1H3,(H,25,28). The molecule has 6 nitrogen and oxygen atoms in total. The van der Waals surface area contributed by atoms with E-state index in [1.165, 1.54) is 22.9 Å². The van der Waals surface area contributed by atoms with Gasteiger partial charge >= 0.3 is 0 Å². The van der Waals surface area contributed by atoms with Crippen LogP contribution in [0.4, 0.5) is 5.69 Å². The van der Waals surface area contributed by atoms with E-state index in [9.17, 15) is 9.59 Å². The lowest BCUT2D eigenvalue weighted by atomic mass is 9.93. The van der Waals surface area contributed by atoms with Gasteiger partial charge in [-0.25, -0.2) is 0 Å². The molecule has 3 aromatic rings. The Morgan fingerprint density at radius 1 is 1.13 bits per heavy atom. The predicted molar refractivity (Wildman–Crippen MR) is 119 cm³/mol. The van der Waals surface area contributed by atoms with Crippen molar-refractivity contribution in [2.75, 3.05) is 25.2 Å². The zero-order valence-corrected chi connectivity index (χ0v) is 17.9. The number of ether oxygens (including phenoxy) is 2. The van der Waals surface area contributed by atoms with Gasteiger partial charge < -0.3 is 14.8 Å². The quantitative estimate of drug-likeness (QED) is 0.608. The predicted octanol–water partition coefficient (Wildman–Crippen LogP) is 4.27. The Bertz CT molecular complexity index is 1140. The molecule has 1 N–H and O–H groups in total. The Morgan fingerprint density at radius 3 is 2.68 bits per heavy atom. The number of carbonyl (C=O) groups is 2. The van der Waals surface area contributed by atoms with Crippen LogP contribution in [0.5, 0.6) is 11.5 Å². The summed E-state index contributed by atoms with van der Waals surface area (Å²) in [5.41, 5.74) is 3.30. The van der Waals surface area contributed by atoms with Crippen molar-refractivity contribution in [1.82, 2.24) is 4.90 Å². The van der Waals surface area contributed by atoms with E-state index < -0.39 is 0 Å². The summed E-state index contributed by atoms with van der Waals surface area (Å²) in [6.07, 6.45) is 0.923. The molecular formula is C24H22N2O4S. The average Bonchev–Trinajstić information content (AvgIpc) is 3.42. The molecule has 2 aliphatic heterocycles. The fourth-order valence-electron chi connectivity index (χ4n) is 4.28. The minimum Gasteiger partial charge on any atom is -0.454 e. The summed E-state index contributed by atoms with van der Waals surface area (Å²) in [5, 5.41) is 5.05. The molecule has 0 aliphatic carbocycles. The van der Waals surface area contributed by atoms with E-state index in [2.05, 4.69) is 33.8 Å². The molecule has 2 aliphatic rings. The highest BCUT2D eigenvalue weighted by Gasteiger charge is 2.31. The summed E-state index contributed by atoms with van der Waals surface area (Å²) >= 11 is 1.77. The van der Waals surface area contributed by atoms with Crippen LogP contribution >= 0.6 is 11.3 Å². The lowest BCUT2D eigenvalue weighted by molar-refractivity contribution is -0.117. The Labute approximate surface area is 184 Å². The maximum Gasteiger partial charge on any atom is 0.238 e. The van der Waals surface area contributed by atoms with Crippen molar-refractivity contribution in [1.29, 1.82) is 0 Å².